The zero-order valence-corrected chi connectivity index (χ0v) is 8.60. The third-order valence-electron chi connectivity index (χ3n) is 2.78. The van der Waals surface area contributed by atoms with Crippen LogP contribution in [0.2, 0.25) is 0 Å². The number of nitrogens with two attached hydrogens (primary N) is 1. The number of amides is 1. The highest BCUT2D eigenvalue weighted by Crippen LogP contribution is 2.46. The third kappa shape index (κ3) is 1.71. The molecule has 7 nitrogen and oxygen atoms in total. The molecule has 5 N–H and O–H groups in total. The van der Waals surface area contributed by atoms with Gasteiger partial charge in [0.2, 0.25) is 5.91 Å². The first-order valence-electron chi connectivity index (χ1n) is 4.92. The van der Waals surface area contributed by atoms with Crippen LogP contribution in [0.4, 0.5) is 0 Å². The molecule has 0 radical (unpaired) electrons. The molecule has 16 heavy (non-hydrogen) atoms. The largest absolute Gasteiger partial charge is 0.409 e. The van der Waals surface area contributed by atoms with Crippen molar-refractivity contribution < 1.29 is 10.0 Å². The fraction of sp³-hybridized carbons (Fsp3) is 0.444. The van der Waals surface area contributed by atoms with E-state index in [2.05, 4.69) is 20.4 Å². The molecular weight excluding hydrogens is 210 g/mol. The lowest BCUT2D eigenvalue weighted by molar-refractivity contribution is -0.124. The molecule has 1 aliphatic carbocycles. The summed E-state index contributed by atoms with van der Waals surface area (Å²) in [4.78, 5) is 18.5. The summed E-state index contributed by atoms with van der Waals surface area (Å²) < 4.78 is 0. The Morgan fingerprint density at radius 1 is 1.75 bits per heavy atom. The van der Waals surface area contributed by atoms with Crippen molar-refractivity contribution in [3.63, 3.8) is 0 Å². The van der Waals surface area contributed by atoms with E-state index < -0.39 is 5.41 Å². The number of nitrogens with one attached hydrogen (secondary N) is 2. The van der Waals surface area contributed by atoms with Gasteiger partial charge in [0.25, 0.3) is 0 Å². The van der Waals surface area contributed by atoms with E-state index in [9.17, 15) is 4.79 Å². The Bertz CT molecular complexity index is 408. The molecule has 1 heterocycles. The van der Waals surface area contributed by atoms with Gasteiger partial charge in [-0.25, -0.2) is 4.98 Å². The van der Waals surface area contributed by atoms with E-state index in [1.165, 1.54) is 6.33 Å². The zero-order chi connectivity index (χ0) is 11.6. The first-order valence-corrected chi connectivity index (χ1v) is 4.92. The Balaban J connectivity index is 1.94. The highest BCUT2D eigenvalue weighted by atomic mass is 16.4. The molecule has 1 saturated carbocycles. The average Bonchev–Trinajstić information content (AvgIpc) is 2.95. The Kier molecular flexibility index (Phi) is 2.51. The smallest absolute Gasteiger partial charge is 0.234 e. The Labute approximate surface area is 91.7 Å². The molecule has 0 aromatic carbocycles. The SMILES string of the molecule is NC(=NO)C1(C(=O)NCc2cnc[nH]2)CC1. The van der Waals surface area contributed by atoms with Crippen LogP contribution in [-0.4, -0.2) is 26.9 Å². The number of hydrogen-bond donors (Lipinski definition) is 4. The number of carbonyl (C=O) groups is 1. The first kappa shape index (κ1) is 10.5. The minimum Gasteiger partial charge on any atom is -0.409 e. The second kappa shape index (κ2) is 3.84. The van der Waals surface area contributed by atoms with Crippen molar-refractivity contribution in [3.05, 3.63) is 18.2 Å². The number of imidazole rings is 1. The van der Waals surface area contributed by atoms with Gasteiger partial charge in [0.05, 0.1) is 18.6 Å². The van der Waals surface area contributed by atoms with Crippen LogP contribution < -0.4 is 11.1 Å². The maximum absolute atomic E-state index is 11.8. The summed E-state index contributed by atoms with van der Waals surface area (Å²) in [7, 11) is 0. The van der Waals surface area contributed by atoms with E-state index in [1.54, 1.807) is 6.20 Å². The number of rotatable bonds is 4. The minimum absolute atomic E-state index is 0.0189. The quantitative estimate of drug-likeness (QED) is 0.239. The molecule has 1 fully saturated rings. The molecule has 1 aliphatic rings. The van der Waals surface area contributed by atoms with E-state index in [4.69, 9.17) is 10.9 Å². The summed E-state index contributed by atoms with van der Waals surface area (Å²) >= 11 is 0. The molecule has 0 atom stereocenters. The van der Waals surface area contributed by atoms with Gasteiger partial charge in [-0.3, -0.25) is 4.79 Å². The predicted octanol–water partition coefficient (Wildman–Crippen LogP) is -0.448. The minimum atomic E-state index is -0.797. The lowest BCUT2D eigenvalue weighted by atomic mass is 10.1. The van der Waals surface area contributed by atoms with Gasteiger partial charge in [0, 0.05) is 6.20 Å². The summed E-state index contributed by atoms with van der Waals surface area (Å²) in [5.74, 6) is -0.230. The van der Waals surface area contributed by atoms with Gasteiger partial charge in [-0.1, -0.05) is 5.16 Å². The highest BCUT2D eigenvalue weighted by molar-refractivity contribution is 6.09. The lowest BCUT2D eigenvalue weighted by Crippen LogP contribution is -2.40. The van der Waals surface area contributed by atoms with Crippen LogP contribution in [0.25, 0.3) is 0 Å². The van der Waals surface area contributed by atoms with Crippen LogP contribution >= 0.6 is 0 Å². The molecule has 0 saturated heterocycles. The van der Waals surface area contributed by atoms with E-state index in [-0.39, 0.29) is 11.7 Å². The van der Waals surface area contributed by atoms with Crippen molar-refractivity contribution in [1.82, 2.24) is 15.3 Å². The summed E-state index contributed by atoms with van der Waals surface area (Å²) in [6.07, 6.45) is 4.41. The van der Waals surface area contributed by atoms with Crippen molar-refractivity contribution in [2.75, 3.05) is 0 Å². The van der Waals surface area contributed by atoms with Crippen molar-refractivity contribution in [2.45, 2.75) is 19.4 Å². The van der Waals surface area contributed by atoms with Gasteiger partial charge < -0.3 is 21.2 Å². The Hall–Kier alpha value is -2.05. The van der Waals surface area contributed by atoms with E-state index in [1.807, 2.05) is 0 Å². The van der Waals surface area contributed by atoms with Gasteiger partial charge in [-0.15, -0.1) is 0 Å². The van der Waals surface area contributed by atoms with Gasteiger partial charge in [0.15, 0.2) is 5.84 Å². The monoisotopic (exact) mass is 223 g/mol. The van der Waals surface area contributed by atoms with Crippen molar-refractivity contribution in [1.29, 1.82) is 0 Å². The molecular formula is C9H13N5O2. The van der Waals surface area contributed by atoms with Gasteiger partial charge >= 0.3 is 0 Å². The molecule has 0 aliphatic heterocycles. The fourth-order valence-corrected chi connectivity index (χ4v) is 1.55. The molecule has 86 valence electrons. The third-order valence-corrected chi connectivity index (χ3v) is 2.78. The van der Waals surface area contributed by atoms with Gasteiger partial charge in [0.1, 0.15) is 5.41 Å². The topological polar surface area (TPSA) is 116 Å². The maximum atomic E-state index is 11.8. The molecule has 1 aromatic rings. The number of hydrogen-bond acceptors (Lipinski definition) is 4. The number of H-pyrrole nitrogens is 1. The maximum Gasteiger partial charge on any atom is 0.234 e. The number of oxime groups is 1. The Morgan fingerprint density at radius 2 is 2.50 bits per heavy atom. The molecule has 0 unspecified atom stereocenters. The van der Waals surface area contributed by atoms with Crippen LogP contribution in [0.3, 0.4) is 0 Å². The molecule has 0 spiro atoms. The highest BCUT2D eigenvalue weighted by Gasteiger charge is 2.54. The molecule has 1 aromatic heterocycles. The summed E-state index contributed by atoms with van der Waals surface area (Å²) in [6, 6.07) is 0. The van der Waals surface area contributed by atoms with E-state index in [0.717, 1.165) is 5.69 Å². The van der Waals surface area contributed by atoms with E-state index >= 15 is 0 Å². The molecule has 7 heteroatoms. The standard InChI is InChI=1S/C9H13N5O2/c10-7(14-16)9(1-2-9)8(15)12-4-6-3-11-5-13-6/h3,5,16H,1-2,4H2,(H2,10,14)(H,11,13)(H,12,15). The van der Waals surface area contributed by atoms with Crippen LogP contribution in [0.1, 0.15) is 18.5 Å². The summed E-state index contributed by atoms with van der Waals surface area (Å²) in [5, 5.41) is 14.2. The Morgan fingerprint density at radius 3 is 3.00 bits per heavy atom. The second-order valence-corrected chi connectivity index (χ2v) is 3.83. The number of aromatic nitrogens is 2. The van der Waals surface area contributed by atoms with Crippen molar-refractivity contribution in [3.8, 4) is 0 Å². The summed E-state index contributed by atoms with van der Waals surface area (Å²) in [5.41, 5.74) is 5.49. The zero-order valence-electron chi connectivity index (χ0n) is 8.60. The second-order valence-electron chi connectivity index (χ2n) is 3.83. The van der Waals surface area contributed by atoms with Crippen LogP contribution in [-0.2, 0) is 11.3 Å². The number of aromatic amines is 1. The van der Waals surface area contributed by atoms with Crippen LogP contribution in [0.5, 0.6) is 0 Å². The number of nitrogens with zero attached hydrogens (tertiary/aromatic N) is 2. The van der Waals surface area contributed by atoms with Gasteiger partial charge in [-0.2, -0.15) is 0 Å². The first-order chi connectivity index (χ1) is 7.69. The lowest BCUT2D eigenvalue weighted by Gasteiger charge is -2.12. The average molecular weight is 223 g/mol. The molecule has 0 bridgehead atoms. The summed E-state index contributed by atoms with van der Waals surface area (Å²) in [6.45, 7) is 0.360. The van der Waals surface area contributed by atoms with Crippen molar-refractivity contribution in [2.24, 2.45) is 16.3 Å². The normalized spacial score (nSPS) is 18.1. The fourth-order valence-electron chi connectivity index (χ4n) is 1.55. The van der Waals surface area contributed by atoms with Crippen LogP contribution in [0.15, 0.2) is 17.7 Å². The number of amidine groups is 1. The van der Waals surface area contributed by atoms with Crippen LogP contribution in [0, 0.1) is 5.41 Å². The predicted molar refractivity (Wildman–Crippen MR) is 55.5 cm³/mol. The molecule has 1 amide bonds. The molecule has 2 rings (SSSR count). The van der Waals surface area contributed by atoms with Crippen molar-refractivity contribution >= 4 is 11.7 Å². The van der Waals surface area contributed by atoms with Gasteiger partial charge in [-0.05, 0) is 12.8 Å². The number of carbonyl (C=O) groups excluding carboxylic acids is 1. The van der Waals surface area contributed by atoms with E-state index in [0.29, 0.717) is 19.4 Å².